The van der Waals surface area contributed by atoms with Crippen molar-refractivity contribution in [1.82, 2.24) is 4.98 Å². The molecule has 3 heteroatoms. The topological polar surface area (TPSA) is 42.4 Å². The number of ether oxygens (including phenoxy) is 1. The second kappa shape index (κ2) is 6.57. The molecule has 1 heterocycles. The highest BCUT2D eigenvalue weighted by atomic mass is 16.5. The van der Waals surface area contributed by atoms with Crippen LogP contribution in [0.25, 0.3) is 0 Å². The first-order valence-corrected chi connectivity index (χ1v) is 4.51. The molecule has 0 bridgehead atoms. The van der Waals surface area contributed by atoms with Gasteiger partial charge in [-0.2, -0.15) is 0 Å². The van der Waals surface area contributed by atoms with E-state index in [4.69, 9.17) is 9.84 Å². The molecule has 0 saturated heterocycles. The molecule has 0 aliphatic heterocycles. The molecule has 3 nitrogen and oxygen atoms in total. The summed E-state index contributed by atoms with van der Waals surface area (Å²) in [5, 5.41) is 8.52. The Kier molecular flexibility index (Phi) is 5.13. The van der Waals surface area contributed by atoms with E-state index in [0.29, 0.717) is 13.2 Å². The van der Waals surface area contributed by atoms with Gasteiger partial charge in [0.25, 0.3) is 0 Å². The van der Waals surface area contributed by atoms with Gasteiger partial charge in [0.1, 0.15) is 0 Å². The van der Waals surface area contributed by atoms with Crippen molar-refractivity contribution in [2.24, 2.45) is 0 Å². The summed E-state index contributed by atoms with van der Waals surface area (Å²) < 4.78 is 5.37. The van der Waals surface area contributed by atoms with Crippen molar-refractivity contribution in [3.8, 4) is 0 Å². The van der Waals surface area contributed by atoms with Gasteiger partial charge in [-0.15, -0.1) is 0 Å². The lowest BCUT2D eigenvalue weighted by molar-refractivity contribution is 0.112. The van der Waals surface area contributed by atoms with Crippen LogP contribution < -0.4 is 0 Å². The monoisotopic (exact) mass is 181 g/mol. The van der Waals surface area contributed by atoms with Gasteiger partial charge in [-0.25, -0.2) is 0 Å². The highest BCUT2D eigenvalue weighted by Crippen LogP contribution is 1.99. The first-order valence-electron chi connectivity index (χ1n) is 4.51. The molecule has 1 aromatic rings. The minimum Gasteiger partial charge on any atom is -0.396 e. The molecule has 0 aromatic carbocycles. The van der Waals surface area contributed by atoms with Crippen LogP contribution in [0.15, 0.2) is 24.5 Å². The summed E-state index contributed by atoms with van der Waals surface area (Å²) in [5.74, 6) is 0. The predicted molar refractivity (Wildman–Crippen MR) is 50.2 cm³/mol. The Morgan fingerprint density at radius 3 is 3.00 bits per heavy atom. The molecule has 1 aromatic heterocycles. The summed E-state index contributed by atoms with van der Waals surface area (Å²) in [6.07, 6.45) is 5.27. The van der Waals surface area contributed by atoms with Crippen LogP contribution in [0.4, 0.5) is 0 Å². The van der Waals surface area contributed by atoms with Gasteiger partial charge in [-0.1, -0.05) is 6.07 Å². The molecule has 1 N–H and O–H groups in total. The van der Waals surface area contributed by atoms with E-state index in [9.17, 15) is 0 Å². The lowest BCUT2D eigenvalue weighted by Crippen LogP contribution is -1.96. The third-order valence-electron chi connectivity index (χ3n) is 1.69. The van der Waals surface area contributed by atoms with E-state index in [2.05, 4.69) is 4.98 Å². The van der Waals surface area contributed by atoms with Gasteiger partial charge >= 0.3 is 0 Å². The van der Waals surface area contributed by atoms with E-state index in [-0.39, 0.29) is 6.61 Å². The normalized spacial score (nSPS) is 10.2. The van der Waals surface area contributed by atoms with Gasteiger partial charge in [0.15, 0.2) is 0 Å². The van der Waals surface area contributed by atoms with Crippen molar-refractivity contribution in [1.29, 1.82) is 0 Å². The zero-order valence-corrected chi connectivity index (χ0v) is 7.65. The number of hydrogen-bond donors (Lipinski definition) is 1. The molecule has 1 rings (SSSR count). The van der Waals surface area contributed by atoms with E-state index in [1.807, 2.05) is 12.1 Å². The Balaban J connectivity index is 2.07. The van der Waals surface area contributed by atoms with E-state index in [0.717, 1.165) is 18.4 Å². The smallest absolute Gasteiger partial charge is 0.0731 e. The Morgan fingerprint density at radius 2 is 2.31 bits per heavy atom. The highest BCUT2D eigenvalue weighted by molar-refractivity contribution is 5.06. The van der Waals surface area contributed by atoms with Crippen LogP contribution in [-0.2, 0) is 11.3 Å². The second-order valence-corrected chi connectivity index (χ2v) is 2.84. The van der Waals surface area contributed by atoms with E-state index in [1.54, 1.807) is 12.4 Å². The third-order valence-corrected chi connectivity index (χ3v) is 1.69. The van der Waals surface area contributed by atoms with E-state index < -0.39 is 0 Å². The minimum absolute atomic E-state index is 0.246. The average molecular weight is 181 g/mol. The van der Waals surface area contributed by atoms with Crippen LogP contribution in [0.2, 0.25) is 0 Å². The quantitative estimate of drug-likeness (QED) is 0.674. The maximum absolute atomic E-state index is 8.52. The maximum atomic E-state index is 8.52. The molecule has 0 saturated carbocycles. The standard InChI is InChI=1S/C10H15NO2/c12-6-1-2-7-13-9-10-4-3-5-11-8-10/h3-5,8,12H,1-2,6-7,9H2. The van der Waals surface area contributed by atoms with Gasteiger partial charge in [0, 0.05) is 25.6 Å². The van der Waals surface area contributed by atoms with Crippen molar-refractivity contribution in [2.75, 3.05) is 13.2 Å². The molecule has 0 radical (unpaired) electrons. The van der Waals surface area contributed by atoms with Crippen LogP contribution in [0, 0.1) is 0 Å². The Hall–Kier alpha value is -0.930. The fourth-order valence-corrected chi connectivity index (χ4v) is 0.989. The molecule has 0 spiro atoms. The molecule has 0 unspecified atom stereocenters. The fourth-order valence-electron chi connectivity index (χ4n) is 0.989. The summed E-state index contributed by atoms with van der Waals surface area (Å²) in [4.78, 5) is 3.98. The van der Waals surface area contributed by atoms with Gasteiger partial charge in [-0.05, 0) is 24.5 Å². The molecular formula is C10H15NO2. The molecular weight excluding hydrogens is 166 g/mol. The SMILES string of the molecule is OCCCCOCc1cccnc1. The van der Waals surface area contributed by atoms with E-state index in [1.165, 1.54) is 0 Å². The number of nitrogens with zero attached hydrogens (tertiary/aromatic N) is 1. The first kappa shape index (κ1) is 10.2. The zero-order valence-electron chi connectivity index (χ0n) is 7.65. The van der Waals surface area contributed by atoms with Crippen LogP contribution in [0.1, 0.15) is 18.4 Å². The van der Waals surface area contributed by atoms with E-state index >= 15 is 0 Å². The number of aliphatic hydroxyl groups is 1. The minimum atomic E-state index is 0.246. The number of hydrogen-bond acceptors (Lipinski definition) is 3. The van der Waals surface area contributed by atoms with Crippen molar-refractivity contribution in [2.45, 2.75) is 19.4 Å². The number of aromatic nitrogens is 1. The van der Waals surface area contributed by atoms with Gasteiger partial charge in [-0.3, -0.25) is 4.98 Å². The van der Waals surface area contributed by atoms with Gasteiger partial charge < -0.3 is 9.84 Å². The third kappa shape index (κ3) is 4.60. The number of rotatable bonds is 6. The Bertz CT molecular complexity index is 213. The average Bonchev–Trinajstić information content (AvgIpc) is 2.19. The summed E-state index contributed by atoms with van der Waals surface area (Å²) >= 11 is 0. The first-order chi connectivity index (χ1) is 6.43. The number of aliphatic hydroxyl groups excluding tert-OH is 1. The molecule has 0 aliphatic rings. The Labute approximate surface area is 78.4 Å². The molecule has 72 valence electrons. The van der Waals surface area contributed by atoms with Crippen molar-refractivity contribution in [3.63, 3.8) is 0 Å². The van der Waals surface area contributed by atoms with Crippen molar-refractivity contribution in [3.05, 3.63) is 30.1 Å². The fraction of sp³-hybridized carbons (Fsp3) is 0.500. The molecule has 13 heavy (non-hydrogen) atoms. The van der Waals surface area contributed by atoms with Crippen LogP contribution in [0.5, 0.6) is 0 Å². The largest absolute Gasteiger partial charge is 0.396 e. The lowest BCUT2D eigenvalue weighted by Gasteiger charge is -2.02. The van der Waals surface area contributed by atoms with Crippen LogP contribution in [0.3, 0.4) is 0 Å². The van der Waals surface area contributed by atoms with Crippen LogP contribution >= 0.6 is 0 Å². The second-order valence-electron chi connectivity index (χ2n) is 2.84. The summed E-state index contributed by atoms with van der Waals surface area (Å²) in [6.45, 7) is 1.56. The maximum Gasteiger partial charge on any atom is 0.0731 e. The molecule has 0 amide bonds. The number of pyridine rings is 1. The number of unbranched alkanes of at least 4 members (excludes halogenated alkanes) is 1. The predicted octanol–water partition coefficient (Wildman–Crippen LogP) is 1.37. The summed E-state index contributed by atoms with van der Waals surface area (Å²) in [7, 11) is 0. The summed E-state index contributed by atoms with van der Waals surface area (Å²) in [6, 6.07) is 3.88. The van der Waals surface area contributed by atoms with Crippen molar-refractivity contribution >= 4 is 0 Å². The van der Waals surface area contributed by atoms with Crippen LogP contribution in [-0.4, -0.2) is 23.3 Å². The zero-order chi connectivity index (χ0) is 9.36. The van der Waals surface area contributed by atoms with Gasteiger partial charge in [0.2, 0.25) is 0 Å². The molecule has 0 aliphatic carbocycles. The Morgan fingerprint density at radius 1 is 1.38 bits per heavy atom. The molecule has 0 atom stereocenters. The highest BCUT2D eigenvalue weighted by Gasteiger charge is 1.91. The van der Waals surface area contributed by atoms with Gasteiger partial charge in [0.05, 0.1) is 6.61 Å². The molecule has 0 fully saturated rings. The summed E-state index contributed by atoms with van der Waals surface area (Å²) in [5.41, 5.74) is 1.09. The lowest BCUT2D eigenvalue weighted by atomic mass is 10.3. The van der Waals surface area contributed by atoms with Crippen molar-refractivity contribution < 1.29 is 9.84 Å².